The van der Waals surface area contributed by atoms with Crippen molar-refractivity contribution >= 4 is 18.0 Å². The molecule has 258 valence electrons. The van der Waals surface area contributed by atoms with Crippen molar-refractivity contribution in [2.24, 2.45) is 0 Å². The third-order valence-corrected chi connectivity index (χ3v) is 7.50. The summed E-state index contributed by atoms with van der Waals surface area (Å²) in [5, 5.41) is 82.1. The van der Waals surface area contributed by atoms with Crippen molar-refractivity contribution in [1.29, 1.82) is 0 Å². The molecule has 0 aromatic heterocycles. The summed E-state index contributed by atoms with van der Waals surface area (Å²) in [4.78, 5) is 25.3. The summed E-state index contributed by atoms with van der Waals surface area (Å²) in [6, 6.07) is 7.83. The summed E-state index contributed by atoms with van der Waals surface area (Å²) in [5.74, 6) is -4.73. The van der Waals surface area contributed by atoms with Gasteiger partial charge in [-0.05, 0) is 48.0 Å². The number of hydrogen-bond donors (Lipinski definition) is 8. The molecule has 2 aromatic rings. The molecule has 17 heteroatoms. The van der Waals surface area contributed by atoms with E-state index in [0.29, 0.717) is 5.56 Å². The Morgan fingerprint density at radius 1 is 0.894 bits per heavy atom. The normalized spacial score (nSPS) is 30.6. The van der Waals surface area contributed by atoms with Gasteiger partial charge >= 0.3 is 11.9 Å². The zero-order chi connectivity index (χ0) is 34.5. The predicted molar refractivity (Wildman–Crippen MR) is 154 cm³/mol. The van der Waals surface area contributed by atoms with Gasteiger partial charge in [-0.3, -0.25) is 0 Å². The third-order valence-electron chi connectivity index (χ3n) is 7.50. The van der Waals surface area contributed by atoms with E-state index in [9.17, 15) is 50.4 Å². The van der Waals surface area contributed by atoms with E-state index in [2.05, 4.69) is 0 Å². The first-order chi connectivity index (χ1) is 22.4. The fourth-order valence-electron chi connectivity index (χ4n) is 4.94. The van der Waals surface area contributed by atoms with Gasteiger partial charge in [-0.1, -0.05) is 0 Å². The van der Waals surface area contributed by atoms with Gasteiger partial charge in [0.15, 0.2) is 23.9 Å². The smallest absolute Gasteiger partial charge is 0.338 e. The van der Waals surface area contributed by atoms with Crippen LogP contribution in [0.25, 0.3) is 6.08 Å². The lowest BCUT2D eigenvalue weighted by Gasteiger charge is -2.43. The Bertz CT molecular complexity index is 1390. The van der Waals surface area contributed by atoms with Gasteiger partial charge < -0.3 is 74.0 Å². The first-order valence-electron chi connectivity index (χ1n) is 14.1. The van der Waals surface area contributed by atoms with E-state index in [1.54, 1.807) is 0 Å². The van der Waals surface area contributed by atoms with E-state index in [4.69, 9.17) is 33.2 Å². The van der Waals surface area contributed by atoms with E-state index >= 15 is 0 Å². The minimum atomic E-state index is -2.48. The Kier molecular flexibility index (Phi) is 11.6. The number of phenols is 2. The summed E-state index contributed by atoms with van der Waals surface area (Å²) < 4.78 is 37.5. The first kappa shape index (κ1) is 35.8. The molecule has 0 aliphatic carbocycles. The monoisotopic (exact) mass is 668 g/mol. The summed E-state index contributed by atoms with van der Waals surface area (Å²) in [5.41, 5.74) is 0.379. The lowest BCUT2D eigenvalue weighted by molar-refractivity contribution is -0.383. The van der Waals surface area contributed by atoms with Crippen LogP contribution in [-0.2, 0) is 28.5 Å². The number of aromatic hydroxyl groups is 2. The maximum Gasteiger partial charge on any atom is 0.338 e. The summed E-state index contributed by atoms with van der Waals surface area (Å²) in [7, 11) is 2.62. The van der Waals surface area contributed by atoms with Crippen LogP contribution in [0.3, 0.4) is 0 Å². The van der Waals surface area contributed by atoms with Gasteiger partial charge in [-0.25, -0.2) is 9.59 Å². The number of aliphatic hydroxyl groups excluding tert-OH is 6. The molecule has 8 N–H and O–H groups in total. The molecule has 0 saturated carbocycles. The van der Waals surface area contributed by atoms with Crippen LogP contribution in [0.4, 0.5) is 0 Å². The fourth-order valence-corrected chi connectivity index (χ4v) is 4.94. The molecule has 2 aromatic carbocycles. The SMILES string of the molecule is COc1cc(/C=C/C(=O)O[C@H]2[C@H](O)[C@@H](CO)O[C@@]2(CO)O[C@@H]2O[C@H](COC(=O)c3ccc(O)cc3)[C@@H](O)[C@H](O)[C@H]2O)cc(OC)c1O. The molecule has 9 atom stereocenters. The molecule has 2 saturated heterocycles. The van der Waals surface area contributed by atoms with Crippen LogP contribution in [0.2, 0.25) is 0 Å². The molecule has 0 spiro atoms. The van der Waals surface area contributed by atoms with E-state index in [0.717, 1.165) is 6.08 Å². The molecule has 2 aliphatic rings. The van der Waals surface area contributed by atoms with Crippen LogP contribution in [0.15, 0.2) is 42.5 Å². The Hall–Kier alpha value is -4.04. The highest BCUT2D eigenvalue weighted by molar-refractivity contribution is 5.89. The van der Waals surface area contributed by atoms with Crippen molar-refractivity contribution in [3.8, 4) is 23.0 Å². The zero-order valence-corrected chi connectivity index (χ0v) is 25.1. The maximum absolute atomic E-state index is 12.9. The van der Waals surface area contributed by atoms with Crippen LogP contribution in [0.5, 0.6) is 23.0 Å². The minimum absolute atomic E-state index is 0.0437. The molecule has 2 aliphatic heterocycles. The van der Waals surface area contributed by atoms with Crippen molar-refractivity contribution in [3.05, 3.63) is 53.6 Å². The van der Waals surface area contributed by atoms with Crippen LogP contribution in [0.1, 0.15) is 15.9 Å². The number of esters is 2. The molecule has 0 unspecified atom stereocenters. The standard InChI is InChI=1S/C30H36O17/c1-41-17-9-14(10-18(42-2)22(17)35)3-8-21(34)45-27-24(37)19(11-31)46-30(27,13-32)47-29-26(39)25(38)23(36)20(44-29)12-43-28(40)15-4-6-16(33)7-5-15/h3-10,19-20,23-27,29,31-33,35-39H,11-13H2,1-2H3/b8-3+/t19-,20-,23-,24-,25+,26-,27+,29+,30+/m1/s1. The number of aliphatic hydroxyl groups is 6. The van der Waals surface area contributed by atoms with Crippen molar-refractivity contribution in [2.75, 3.05) is 34.0 Å². The average Bonchev–Trinajstić information content (AvgIpc) is 3.33. The van der Waals surface area contributed by atoms with Crippen LogP contribution in [0, 0.1) is 0 Å². The van der Waals surface area contributed by atoms with Gasteiger partial charge in [0, 0.05) is 6.08 Å². The van der Waals surface area contributed by atoms with Gasteiger partial charge in [0.05, 0.1) is 26.4 Å². The number of hydrogen-bond acceptors (Lipinski definition) is 17. The summed E-state index contributed by atoms with van der Waals surface area (Å²) >= 11 is 0. The number of rotatable bonds is 12. The maximum atomic E-state index is 12.9. The second-order valence-electron chi connectivity index (χ2n) is 10.5. The van der Waals surface area contributed by atoms with E-state index in [1.807, 2.05) is 0 Å². The minimum Gasteiger partial charge on any atom is -0.508 e. The second-order valence-corrected chi connectivity index (χ2v) is 10.5. The average molecular weight is 669 g/mol. The highest BCUT2D eigenvalue weighted by Gasteiger charge is 2.60. The van der Waals surface area contributed by atoms with Crippen molar-refractivity contribution in [2.45, 2.75) is 54.8 Å². The lowest BCUT2D eigenvalue weighted by Crippen LogP contribution is -2.63. The summed E-state index contributed by atoms with van der Waals surface area (Å²) in [6.07, 6.45) is -12.1. The largest absolute Gasteiger partial charge is 0.508 e. The Morgan fingerprint density at radius 3 is 2.11 bits per heavy atom. The van der Waals surface area contributed by atoms with E-state index in [-0.39, 0.29) is 28.6 Å². The van der Waals surface area contributed by atoms with Crippen molar-refractivity contribution in [3.63, 3.8) is 0 Å². The van der Waals surface area contributed by atoms with Gasteiger partial charge in [0.25, 0.3) is 0 Å². The van der Waals surface area contributed by atoms with E-state index in [1.165, 1.54) is 56.7 Å². The number of benzene rings is 2. The Balaban J connectivity index is 1.51. The Labute approximate surface area is 267 Å². The number of ether oxygens (including phenoxy) is 7. The number of methoxy groups -OCH3 is 2. The van der Waals surface area contributed by atoms with Crippen LogP contribution in [-0.4, -0.2) is 142 Å². The Morgan fingerprint density at radius 2 is 1.53 bits per heavy atom. The van der Waals surface area contributed by atoms with Crippen molar-refractivity contribution in [1.82, 2.24) is 0 Å². The number of phenolic OH excluding ortho intramolecular Hbond substituents is 2. The molecule has 2 fully saturated rings. The third kappa shape index (κ3) is 7.75. The number of carbonyl (C=O) groups is 2. The quantitative estimate of drug-likeness (QED) is 0.0913. The predicted octanol–water partition coefficient (Wildman–Crippen LogP) is -1.84. The highest BCUT2D eigenvalue weighted by Crippen LogP contribution is 2.39. The summed E-state index contributed by atoms with van der Waals surface area (Å²) in [6.45, 7) is -2.62. The van der Waals surface area contributed by atoms with Crippen molar-refractivity contribution < 1.29 is 83.6 Å². The molecule has 0 amide bonds. The highest BCUT2D eigenvalue weighted by atomic mass is 16.8. The molecular formula is C30H36O17. The zero-order valence-electron chi connectivity index (χ0n) is 25.1. The fraction of sp³-hybridized carbons (Fsp3) is 0.467. The van der Waals surface area contributed by atoms with Crippen LogP contribution < -0.4 is 9.47 Å². The van der Waals surface area contributed by atoms with Gasteiger partial charge in [0.2, 0.25) is 11.5 Å². The molecule has 0 radical (unpaired) electrons. The molecule has 17 nitrogen and oxygen atoms in total. The molecule has 4 rings (SSSR count). The molecular weight excluding hydrogens is 632 g/mol. The second kappa shape index (κ2) is 15.2. The molecule has 0 bridgehead atoms. The topological polar surface area (TPSA) is 261 Å². The molecule has 2 heterocycles. The van der Waals surface area contributed by atoms with E-state index < -0.39 is 86.6 Å². The number of carbonyl (C=O) groups excluding carboxylic acids is 2. The van der Waals surface area contributed by atoms with Crippen LogP contribution >= 0.6 is 0 Å². The van der Waals surface area contributed by atoms with Gasteiger partial charge in [-0.15, -0.1) is 0 Å². The molecule has 47 heavy (non-hydrogen) atoms. The first-order valence-corrected chi connectivity index (χ1v) is 14.1. The van der Waals surface area contributed by atoms with Gasteiger partial charge in [-0.2, -0.15) is 0 Å². The van der Waals surface area contributed by atoms with Gasteiger partial charge in [0.1, 0.15) is 55.6 Å². The lowest BCUT2D eigenvalue weighted by atomic mass is 9.98.